The van der Waals surface area contributed by atoms with Gasteiger partial charge < -0.3 is 0 Å². The Morgan fingerprint density at radius 2 is 1.15 bits per heavy atom. The van der Waals surface area contributed by atoms with E-state index in [4.69, 9.17) is 3.66 Å². The van der Waals surface area contributed by atoms with E-state index in [0.29, 0.717) is 0 Å². The van der Waals surface area contributed by atoms with Gasteiger partial charge in [-0.25, -0.2) is 0 Å². The molecule has 0 spiro atoms. The third-order valence-electron chi connectivity index (χ3n) is 2.28. The molecule has 80 valence electrons. The second-order valence-corrected chi connectivity index (χ2v) is 11.0. The van der Waals surface area contributed by atoms with E-state index in [-0.39, 0.29) is 6.10 Å². The van der Waals surface area contributed by atoms with E-state index in [9.17, 15) is 7.35 Å². The van der Waals surface area contributed by atoms with Gasteiger partial charge in [0.25, 0.3) is 0 Å². The SMILES string of the molecule is CC(C)[O][V](=[O])(=[O])([CH](C)C)[CH](C)C. The summed E-state index contributed by atoms with van der Waals surface area (Å²) in [6.45, 7) is 10.3. The summed E-state index contributed by atoms with van der Waals surface area (Å²) in [6.07, 6.45) is -0.259. The second-order valence-electron chi connectivity index (χ2n) is 4.35. The predicted octanol–water partition coefficient (Wildman–Crippen LogP) is 3.36. The van der Waals surface area contributed by atoms with E-state index in [0.717, 1.165) is 0 Å². The van der Waals surface area contributed by atoms with E-state index in [1.165, 1.54) is 0 Å². The minimum absolute atomic E-state index is 0.259. The van der Waals surface area contributed by atoms with E-state index in [1.54, 1.807) is 41.5 Å². The van der Waals surface area contributed by atoms with Crippen LogP contribution in [0.5, 0.6) is 0 Å². The standard InChI is InChI=1S/C3H7O.2C3H7.2O.V/c1-3(2)4;2*1-3-2;;;/h3H,1-2H3;2*3H,1-2H3;;;/q-1;;;;;+1. The van der Waals surface area contributed by atoms with Gasteiger partial charge >= 0.3 is 81.1 Å². The minimum atomic E-state index is -5.01. The van der Waals surface area contributed by atoms with Crippen LogP contribution in [-0.2, 0) is 24.1 Å². The molecular weight excluding hydrogens is 207 g/mol. The summed E-state index contributed by atoms with van der Waals surface area (Å²) in [7, 11) is 0. The molecule has 0 aromatic carbocycles. The molecule has 4 heteroatoms. The van der Waals surface area contributed by atoms with Crippen molar-refractivity contribution in [1.29, 1.82) is 0 Å². The predicted molar refractivity (Wildman–Crippen MR) is 47.8 cm³/mol. The van der Waals surface area contributed by atoms with Crippen LogP contribution in [0.15, 0.2) is 0 Å². The van der Waals surface area contributed by atoms with Crippen LogP contribution in [0.1, 0.15) is 41.5 Å². The first kappa shape index (κ1) is 13.1. The molecule has 0 fully saturated rings. The van der Waals surface area contributed by atoms with E-state index >= 15 is 0 Å². The third kappa shape index (κ3) is 2.55. The molecule has 0 heterocycles. The molecule has 13 heavy (non-hydrogen) atoms. The summed E-state index contributed by atoms with van der Waals surface area (Å²) in [6, 6.07) is 0. The first-order chi connectivity index (χ1) is 5.60. The van der Waals surface area contributed by atoms with Crippen molar-refractivity contribution >= 4 is 0 Å². The maximum absolute atomic E-state index is 12.3. The van der Waals surface area contributed by atoms with Crippen LogP contribution in [0, 0.1) is 0 Å². The normalized spacial score (nSPS) is 14.6. The molecular formula is C9H21O3V. The van der Waals surface area contributed by atoms with Gasteiger partial charge in [0.2, 0.25) is 0 Å². The van der Waals surface area contributed by atoms with Gasteiger partial charge in [-0.2, -0.15) is 0 Å². The molecule has 0 atom stereocenters. The summed E-state index contributed by atoms with van der Waals surface area (Å²) in [5.41, 5.74) is 0. The fraction of sp³-hybridized carbons (Fsp3) is 1.00. The molecule has 0 aromatic rings. The van der Waals surface area contributed by atoms with Gasteiger partial charge in [0.05, 0.1) is 0 Å². The summed E-state index contributed by atoms with van der Waals surface area (Å²) < 4.78 is 29.0. The topological polar surface area (TPSA) is 43.4 Å². The van der Waals surface area contributed by atoms with E-state index in [1.807, 2.05) is 0 Å². The average Bonchev–Trinajstić information content (AvgIpc) is 1.83. The summed E-state index contributed by atoms with van der Waals surface area (Å²) in [4.78, 5) is 0. The Kier molecular flexibility index (Phi) is 3.76. The summed E-state index contributed by atoms with van der Waals surface area (Å²) in [5.74, 6) is 0. The van der Waals surface area contributed by atoms with E-state index < -0.39 is 22.4 Å². The molecule has 0 unspecified atom stereocenters. The zero-order chi connectivity index (χ0) is 10.9. The number of hydrogen-bond donors (Lipinski definition) is 0. The molecule has 0 saturated carbocycles. The molecule has 0 radical (unpaired) electrons. The molecule has 0 N–H and O–H groups in total. The zero-order valence-corrected chi connectivity index (χ0v) is 10.8. The quantitative estimate of drug-likeness (QED) is 0.740. The molecule has 0 amide bonds. The molecule has 0 aliphatic carbocycles. The van der Waals surface area contributed by atoms with Crippen molar-refractivity contribution in [2.75, 3.05) is 0 Å². The molecule has 0 rings (SSSR count). The van der Waals surface area contributed by atoms with Crippen LogP contribution in [0.25, 0.3) is 0 Å². The second kappa shape index (κ2) is 3.72. The molecule has 0 saturated heterocycles. The van der Waals surface area contributed by atoms with Crippen molar-refractivity contribution in [3.63, 3.8) is 0 Å². The molecule has 0 aliphatic heterocycles. The Morgan fingerprint density at radius 1 is 0.846 bits per heavy atom. The van der Waals surface area contributed by atoms with Gasteiger partial charge in [-0.3, -0.25) is 0 Å². The fourth-order valence-corrected chi connectivity index (χ4v) is 5.18. The van der Waals surface area contributed by atoms with Crippen LogP contribution in [0.2, 0.25) is 9.26 Å². The van der Waals surface area contributed by atoms with Gasteiger partial charge in [0.15, 0.2) is 0 Å². The first-order valence-electron chi connectivity index (χ1n) is 4.76. The van der Waals surface area contributed by atoms with Crippen LogP contribution in [0.3, 0.4) is 0 Å². The van der Waals surface area contributed by atoms with Crippen LogP contribution >= 0.6 is 0 Å². The zero-order valence-electron chi connectivity index (χ0n) is 9.40. The van der Waals surface area contributed by atoms with Crippen molar-refractivity contribution in [3.05, 3.63) is 0 Å². The Hall–Kier alpha value is 0.144. The van der Waals surface area contributed by atoms with Crippen molar-refractivity contribution in [3.8, 4) is 0 Å². The van der Waals surface area contributed by atoms with Crippen molar-refractivity contribution in [2.24, 2.45) is 0 Å². The molecule has 0 aromatic heterocycles. The Balaban J connectivity index is 5.20. The van der Waals surface area contributed by atoms with Crippen LogP contribution < -0.4 is 0 Å². The van der Waals surface area contributed by atoms with Crippen molar-refractivity contribution in [1.82, 2.24) is 0 Å². The Labute approximate surface area is 81.4 Å². The van der Waals surface area contributed by atoms with E-state index in [2.05, 4.69) is 0 Å². The van der Waals surface area contributed by atoms with Crippen LogP contribution in [-0.4, -0.2) is 6.10 Å². The molecule has 3 nitrogen and oxygen atoms in total. The maximum atomic E-state index is 12.3. The Morgan fingerprint density at radius 3 is 1.23 bits per heavy atom. The third-order valence-corrected chi connectivity index (χ3v) is 9.40. The monoisotopic (exact) mass is 228 g/mol. The average molecular weight is 228 g/mol. The van der Waals surface area contributed by atoms with Crippen LogP contribution in [0.4, 0.5) is 0 Å². The van der Waals surface area contributed by atoms with Gasteiger partial charge in [-0.1, -0.05) is 0 Å². The first-order valence-corrected chi connectivity index (χ1v) is 8.09. The Bertz CT molecular complexity index is 266. The fourth-order valence-electron chi connectivity index (χ4n) is 1.26. The van der Waals surface area contributed by atoms with Crippen molar-refractivity contribution in [2.45, 2.75) is 56.9 Å². The van der Waals surface area contributed by atoms with Crippen molar-refractivity contribution < 1.29 is 24.1 Å². The van der Waals surface area contributed by atoms with Gasteiger partial charge in [-0.15, -0.1) is 0 Å². The summed E-state index contributed by atoms with van der Waals surface area (Å²) >= 11 is -5.01. The summed E-state index contributed by atoms with van der Waals surface area (Å²) in [5, 5.41) is 0. The molecule has 0 aliphatic rings. The molecule has 0 bridgehead atoms. The van der Waals surface area contributed by atoms with Gasteiger partial charge in [-0.05, 0) is 0 Å². The number of hydrogen-bond acceptors (Lipinski definition) is 3. The van der Waals surface area contributed by atoms with Gasteiger partial charge in [0.1, 0.15) is 0 Å². The number of rotatable bonds is 4. The van der Waals surface area contributed by atoms with Gasteiger partial charge in [0, 0.05) is 0 Å².